The molecule has 2 aromatic rings. The van der Waals surface area contributed by atoms with Crippen LogP contribution in [0.25, 0.3) is 0 Å². The first kappa shape index (κ1) is 20.8. The van der Waals surface area contributed by atoms with Crippen molar-refractivity contribution in [2.45, 2.75) is 39.3 Å². The molecule has 2 heterocycles. The number of aromatic nitrogens is 1. The minimum Gasteiger partial charge on any atom is -0.383 e. The van der Waals surface area contributed by atoms with Crippen LogP contribution in [0.2, 0.25) is 0 Å². The maximum absolute atomic E-state index is 13.0. The Morgan fingerprint density at radius 2 is 1.86 bits per heavy atom. The molecule has 0 aliphatic carbocycles. The number of ketones is 1. The number of carbonyl (C=O) groups is 3. The Hall–Kier alpha value is -2.93. The minimum absolute atomic E-state index is 0.0691. The molecule has 2 atom stereocenters. The molecule has 154 valence electrons. The van der Waals surface area contributed by atoms with Gasteiger partial charge in [0.1, 0.15) is 5.54 Å². The summed E-state index contributed by atoms with van der Waals surface area (Å²) in [5.74, 6) is -0.696. The quantitative estimate of drug-likeness (QED) is 0.575. The number of ether oxygens (including phenoxy) is 1. The number of nitrogens with one attached hydrogen (secondary N) is 1. The van der Waals surface area contributed by atoms with E-state index in [-0.39, 0.29) is 18.4 Å². The lowest BCUT2D eigenvalue weighted by atomic mass is 9.92. The average Bonchev–Trinajstić information content (AvgIpc) is 3.10. The number of carbonyl (C=O) groups excluding carboxylic acids is 3. The monoisotopic (exact) mass is 397 g/mol. The Labute approximate surface area is 170 Å². The van der Waals surface area contributed by atoms with Crippen molar-refractivity contribution >= 4 is 17.7 Å². The second-order valence-corrected chi connectivity index (χ2v) is 7.69. The van der Waals surface area contributed by atoms with E-state index in [0.29, 0.717) is 17.7 Å². The number of methoxy groups -OCH3 is 1. The van der Waals surface area contributed by atoms with E-state index in [1.807, 2.05) is 43.5 Å². The number of Topliss-reactive ketones (excluding diaryl/α,β-unsaturated/α-hetero) is 1. The molecule has 0 spiro atoms. The van der Waals surface area contributed by atoms with Gasteiger partial charge >= 0.3 is 6.03 Å². The highest BCUT2D eigenvalue weighted by molar-refractivity contribution is 6.11. The number of imide groups is 1. The van der Waals surface area contributed by atoms with Gasteiger partial charge in [0.25, 0.3) is 5.91 Å². The zero-order valence-electron chi connectivity index (χ0n) is 17.5. The SMILES string of the molecule is COC[C@H](C)n1c(C)cc(C(=O)CN2C(=O)N[C@@](C)(c3ccccc3)C2=O)c1C. The Morgan fingerprint density at radius 1 is 1.21 bits per heavy atom. The van der Waals surface area contributed by atoms with E-state index in [1.165, 1.54) is 0 Å². The van der Waals surface area contributed by atoms with Crippen LogP contribution in [-0.4, -0.2) is 47.4 Å². The zero-order valence-corrected chi connectivity index (χ0v) is 17.5. The molecule has 1 aromatic heterocycles. The fraction of sp³-hybridized carbons (Fsp3) is 0.409. The lowest BCUT2D eigenvalue weighted by molar-refractivity contribution is -0.130. The number of hydrogen-bond donors (Lipinski definition) is 1. The predicted octanol–water partition coefficient (Wildman–Crippen LogP) is 2.96. The molecule has 1 fully saturated rings. The molecule has 1 aromatic carbocycles. The zero-order chi connectivity index (χ0) is 21.3. The first-order valence-corrected chi connectivity index (χ1v) is 9.61. The van der Waals surface area contributed by atoms with Crippen molar-refractivity contribution in [1.82, 2.24) is 14.8 Å². The number of aryl methyl sites for hydroxylation is 1. The number of urea groups is 1. The molecule has 3 rings (SSSR count). The van der Waals surface area contributed by atoms with Gasteiger partial charge in [-0.1, -0.05) is 30.3 Å². The summed E-state index contributed by atoms with van der Waals surface area (Å²) in [5.41, 5.74) is 1.75. The third kappa shape index (κ3) is 3.58. The van der Waals surface area contributed by atoms with E-state index in [9.17, 15) is 14.4 Å². The normalized spacial score (nSPS) is 20.1. The van der Waals surface area contributed by atoms with Gasteiger partial charge in [-0.3, -0.25) is 14.5 Å². The predicted molar refractivity (Wildman–Crippen MR) is 109 cm³/mol. The molecule has 0 saturated carbocycles. The van der Waals surface area contributed by atoms with E-state index >= 15 is 0 Å². The Morgan fingerprint density at radius 3 is 2.48 bits per heavy atom. The summed E-state index contributed by atoms with van der Waals surface area (Å²) in [7, 11) is 1.64. The molecular formula is C22H27N3O4. The highest BCUT2D eigenvalue weighted by Crippen LogP contribution is 2.29. The molecule has 0 unspecified atom stereocenters. The molecule has 1 N–H and O–H groups in total. The summed E-state index contributed by atoms with van der Waals surface area (Å²) in [4.78, 5) is 39.5. The van der Waals surface area contributed by atoms with Gasteiger partial charge < -0.3 is 14.6 Å². The highest BCUT2D eigenvalue weighted by atomic mass is 16.5. The van der Waals surface area contributed by atoms with Gasteiger partial charge in [-0.2, -0.15) is 0 Å². The first-order chi connectivity index (χ1) is 13.7. The van der Waals surface area contributed by atoms with Crippen molar-refractivity contribution in [3.8, 4) is 0 Å². The van der Waals surface area contributed by atoms with Gasteiger partial charge in [-0.05, 0) is 39.3 Å². The summed E-state index contributed by atoms with van der Waals surface area (Å²) in [6, 6.07) is 10.3. The Balaban J connectivity index is 1.84. The maximum atomic E-state index is 13.0. The summed E-state index contributed by atoms with van der Waals surface area (Å²) in [5, 5.41) is 2.73. The second kappa shape index (κ2) is 7.83. The first-order valence-electron chi connectivity index (χ1n) is 9.61. The van der Waals surface area contributed by atoms with Crippen LogP contribution in [0.1, 0.15) is 47.2 Å². The highest BCUT2D eigenvalue weighted by Gasteiger charge is 2.49. The lowest BCUT2D eigenvalue weighted by Gasteiger charge is -2.22. The smallest absolute Gasteiger partial charge is 0.325 e. The second-order valence-electron chi connectivity index (χ2n) is 7.69. The fourth-order valence-corrected chi connectivity index (χ4v) is 4.09. The number of amides is 3. The Bertz CT molecular complexity index is 950. The van der Waals surface area contributed by atoms with Crippen molar-refractivity contribution in [1.29, 1.82) is 0 Å². The van der Waals surface area contributed by atoms with E-state index in [1.54, 1.807) is 32.2 Å². The van der Waals surface area contributed by atoms with Gasteiger partial charge in [0.05, 0.1) is 19.2 Å². The van der Waals surface area contributed by atoms with Gasteiger partial charge in [-0.25, -0.2) is 4.79 Å². The molecule has 0 bridgehead atoms. The van der Waals surface area contributed by atoms with E-state index in [4.69, 9.17) is 4.74 Å². The summed E-state index contributed by atoms with van der Waals surface area (Å²) < 4.78 is 7.27. The minimum atomic E-state index is -1.18. The molecule has 7 nitrogen and oxygen atoms in total. The average molecular weight is 397 g/mol. The largest absolute Gasteiger partial charge is 0.383 e. The van der Waals surface area contributed by atoms with E-state index < -0.39 is 17.5 Å². The van der Waals surface area contributed by atoms with Crippen molar-refractivity contribution in [2.24, 2.45) is 0 Å². The van der Waals surface area contributed by atoms with Crippen molar-refractivity contribution < 1.29 is 19.1 Å². The molecular weight excluding hydrogens is 370 g/mol. The van der Waals surface area contributed by atoms with E-state index in [2.05, 4.69) is 5.32 Å². The van der Waals surface area contributed by atoms with Crippen LogP contribution < -0.4 is 5.32 Å². The van der Waals surface area contributed by atoms with Crippen LogP contribution in [-0.2, 0) is 15.1 Å². The van der Waals surface area contributed by atoms with E-state index in [0.717, 1.165) is 16.3 Å². The van der Waals surface area contributed by atoms with Gasteiger partial charge in [0.2, 0.25) is 0 Å². The topological polar surface area (TPSA) is 80.6 Å². The number of benzene rings is 1. The summed E-state index contributed by atoms with van der Waals surface area (Å²) >= 11 is 0. The molecule has 1 saturated heterocycles. The number of rotatable bonds is 7. The van der Waals surface area contributed by atoms with Gasteiger partial charge in [0.15, 0.2) is 5.78 Å². The van der Waals surface area contributed by atoms with Crippen molar-refractivity contribution in [2.75, 3.05) is 20.3 Å². The molecule has 1 aliphatic rings. The lowest BCUT2D eigenvalue weighted by Crippen LogP contribution is -2.41. The van der Waals surface area contributed by atoms with Crippen molar-refractivity contribution in [3.05, 3.63) is 58.9 Å². The number of nitrogens with zero attached hydrogens (tertiary/aromatic N) is 2. The van der Waals surface area contributed by atoms with Crippen LogP contribution in [0.4, 0.5) is 4.79 Å². The van der Waals surface area contributed by atoms with Crippen LogP contribution in [0.15, 0.2) is 36.4 Å². The van der Waals surface area contributed by atoms with Crippen LogP contribution in [0.3, 0.4) is 0 Å². The summed E-state index contributed by atoms with van der Waals surface area (Å²) in [6.07, 6.45) is 0. The Kier molecular flexibility index (Phi) is 5.61. The molecule has 29 heavy (non-hydrogen) atoms. The van der Waals surface area contributed by atoms with Gasteiger partial charge in [0, 0.05) is 24.1 Å². The van der Waals surface area contributed by atoms with Crippen LogP contribution in [0, 0.1) is 13.8 Å². The molecule has 3 amide bonds. The fourth-order valence-electron chi connectivity index (χ4n) is 4.09. The molecule has 0 radical (unpaired) electrons. The summed E-state index contributed by atoms with van der Waals surface area (Å²) in [6.45, 7) is 7.69. The third-order valence-electron chi connectivity index (χ3n) is 5.56. The van der Waals surface area contributed by atoms with Crippen LogP contribution >= 0.6 is 0 Å². The maximum Gasteiger partial charge on any atom is 0.325 e. The number of hydrogen-bond acceptors (Lipinski definition) is 4. The molecule has 1 aliphatic heterocycles. The molecule has 7 heteroatoms. The third-order valence-corrected chi connectivity index (χ3v) is 5.56. The van der Waals surface area contributed by atoms with Crippen molar-refractivity contribution in [3.63, 3.8) is 0 Å². The van der Waals surface area contributed by atoms with Gasteiger partial charge in [-0.15, -0.1) is 0 Å². The standard InChI is InChI=1S/C22H27N3O4/c1-14-11-18(16(3)25(14)15(2)13-29-5)19(26)12-24-20(27)22(4,23-21(24)28)17-9-7-6-8-10-17/h6-11,15H,12-13H2,1-5H3,(H,23,28)/t15-,22-/m0/s1. The van der Waals surface area contributed by atoms with Crippen LogP contribution in [0.5, 0.6) is 0 Å².